The van der Waals surface area contributed by atoms with E-state index in [-0.39, 0.29) is 30.6 Å². The molecule has 2 amide bonds. The average molecular weight is 473 g/mol. The highest BCUT2D eigenvalue weighted by molar-refractivity contribution is 6.20. The summed E-state index contributed by atoms with van der Waals surface area (Å²) in [6.45, 7) is 3.79. The maximum absolute atomic E-state index is 13.9. The van der Waals surface area contributed by atoms with Crippen LogP contribution in [0.4, 0.5) is 5.69 Å². The average Bonchev–Trinajstić information content (AvgIpc) is 2.98. The van der Waals surface area contributed by atoms with Crippen LogP contribution in [0.5, 0.6) is 0 Å². The number of carbonyl (C=O) groups excluding carboxylic acids is 3. The number of ketones is 1. The third-order valence-electron chi connectivity index (χ3n) is 6.28. The molecule has 4 rings (SSSR count). The Labute approximate surface area is 206 Å². The SMILES string of the molecule is CC(=O)C/C=C/NC(=O)CN1C(=O)[C@@H](CN2CCCCC2)N=C(c2ccccc2)c2ccccc21. The van der Waals surface area contributed by atoms with Crippen LogP contribution in [0.25, 0.3) is 0 Å². The first-order valence-electron chi connectivity index (χ1n) is 12.2. The van der Waals surface area contributed by atoms with Gasteiger partial charge in [-0.25, -0.2) is 0 Å². The zero-order valence-electron chi connectivity index (χ0n) is 20.2. The zero-order valence-corrected chi connectivity index (χ0v) is 20.2. The van der Waals surface area contributed by atoms with Gasteiger partial charge >= 0.3 is 0 Å². The van der Waals surface area contributed by atoms with Crippen LogP contribution in [0.2, 0.25) is 0 Å². The number of rotatable bonds is 8. The van der Waals surface area contributed by atoms with Crippen LogP contribution in [0, 0.1) is 0 Å². The van der Waals surface area contributed by atoms with Gasteiger partial charge in [0, 0.05) is 30.3 Å². The molecular weight excluding hydrogens is 440 g/mol. The number of allylic oxidation sites excluding steroid dienone is 1. The maximum Gasteiger partial charge on any atom is 0.253 e. The highest BCUT2D eigenvalue weighted by Crippen LogP contribution is 2.29. The molecule has 0 spiro atoms. The van der Waals surface area contributed by atoms with E-state index in [9.17, 15) is 14.4 Å². The fourth-order valence-corrected chi connectivity index (χ4v) is 4.55. The quantitative estimate of drug-likeness (QED) is 0.639. The summed E-state index contributed by atoms with van der Waals surface area (Å²) >= 11 is 0. The smallest absolute Gasteiger partial charge is 0.253 e. The molecule has 2 aliphatic rings. The van der Waals surface area contributed by atoms with Crippen molar-refractivity contribution in [2.75, 3.05) is 31.1 Å². The zero-order chi connectivity index (χ0) is 24.6. The molecule has 0 aromatic heterocycles. The lowest BCUT2D eigenvalue weighted by Crippen LogP contribution is -2.48. The number of piperidine rings is 1. The highest BCUT2D eigenvalue weighted by atomic mass is 16.2. The van der Waals surface area contributed by atoms with Crippen molar-refractivity contribution in [1.82, 2.24) is 10.2 Å². The topological polar surface area (TPSA) is 82.1 Å². The summed E-state index contributed by atoms with van der Waals surface area (Å²) < 4.78 is 0. The van der Waals surface area contributed by atoms with Gasteiger partial charge in [0.15, 0.2) is 0 Å². The predicted molar refractivity (Wildman–Crippen MR) is 138 cm³/mol. The Morgan fingerprint density at radius 1 is 1.03 bits per heavy atom. The Balaban J connectivity index is 1.67. The molecule has 0 aliphatic carbocycles. The molecule has 7 nitrogen and oxygen atoms in total. The molecule has 0 unspecified atom stereocenters. The molecule has 2 heterocycles. The van der Waals surface area contributed by atoms with Crippen molar-refractivity contribution in [3.63, 3.8) is 0 Å². The van der Waals surface area contributed by atoms with E-state index >= 15 is 0 Å². The molecule has 2 aliphatic heterocycles. The number of nitrogens with one attached hydrogen (secondary N) is 1. The van der Waals surface area contributed by atoms with E-state index in [1.807, 2.05) is 54.6 Å². The minimum Gasteiger partial charge on any atom is -0.331 e. The van der Waals surface area contributed by atoms with Gasteiger partial charge in [-0.3, -0.25) is 19.4 Å². The van der Waals surface area contributed by atoms with Crippen LogP contribution in [0.3, 0.4) is 0 Å². The maximum atomic E-state index is 13.9. The van der Waals surface area contributed by atoms with Gasteiger partial charge in [-0.05, 0) is 38.9 Å². The summed E-state index contributed by atoms with van der Waals surface area (Å²) in [7, 11) is 0. The van der Waals surface area contributed by atoms with Gasteiger partial charge in [0.2, 0.25) is 5.91 Å². The summed E-state index contributed by atoms with van der Waals surface area (Å²) in [4.78, 5) is 46.7. The molecule has 0 bridgehead atoms. The number of Topliss-reactive ketones (excluding diaryl/α,β-unsaturated/α-hetero) is 1. The van der Waals surface area contributed by atoms with Gasteiger partial charge in [0.25, 0.3) is 5.91 Å². The van der Waals surface area contributed by atoms with E-state index in [4.69, 9.17) is 4.99 Å². The number of benzene rings is 2. The first-order valence-corrected chi connectivity index (χ1v) is 12.2. The van der Waals surface area contributed by atoms with E-state index in [1.54, 1.807) is 11.0 Å². The number of anilines is 1. The Bertz CT molecular complexity index is 1120. The van der Waals surface area contributed by atoms with Crippen molar-refractivity contribution in [3.8, 4) is 0 Å². The van der Waals surface area contributed by atoms with Crippen LogP contribution >= 0.6 is 0 Å². The number of nitrogens with zero attached hydrogens (tertiary/aromatic N) is 3. The second-order valence-electron chi connectivity index (χ2n) is 9.04. The van der Waals surface area contributed by atoms with E-state index in [2.05, 4.69) is 10.2 Å². The van der Waals surface area contributed by atoms with Crippen LogP contribution in [0.1, 0.15) is 43.7 Å². The highest BCUT2D eigenvalue weighted by Gasteiger charge is 2.34. The number of para-hydroxylation sites is 1. The molecule has 1 atom stereocenters. The molecule has 1 fully saturated rings. The van der Waals surface area contributed by atoms with E-state index in [0.717, 1.165) is 42.8 Å². The molecule has 35 heavy (non-hydrogen) atoms. The van der Waals surface area contributed by atoms with Crippen molar-refractivity contribution in [2.24, 2.45) is 4.99 Å². The molecule has 0 radical (unpaired) electrons. The molecule has 7 heteroatoms. The fourth-order valence-electron chi connectivity index (χ4n) is 4.55. The van der Waals surface area contributed by atoms with Crippen LogP contribution in [0.15, 0.2) is 71.9 Å². The number of fused-ring (bicyclic) bond motifs is 1. The minimum absolute atomic E-state index is 0.0123. The number of likely N-dealkylation sites (tertiary alicyclic amines) is 1. The second kappa shape index (κ2) is 11.7. The summed E-state index contributed by atoms with van der Waals surface area (Å²) in [5.41, 5.74) is 3.20. The van der Waals surface area contributed by atoms with Gasteiger partial charge in [-0.15, -0.1) is 0 Å². The lowest BCUT2D eigenvalue weighted by Gasteiger charge is -2.30. The molecule has 1 saturated heterocycles. The Morgan fingerprint density at radius 2 is 1.74 bits per heavy atom. The van der Waals surface area contributed by atoms with Gasteiger partial charge in [-0.1, -0.05) is 61.0 Å². The molecular formula is C28H32N4O3. The third-order valence-corrected chi connectivity index (χ3v) is 6.28. The third kappa shape index (κ3) is 6.31. The van der Waals surface area contributed by atoms with Gasteiger partial charge in [-0.2, -0.15) is 0 Å². The molecule has 2 aromatic rings. The van der Waals surface area contributed by atoms with E-state index < -0.39 is 6.04 Å². The molecule has 0 saturated carbocycles. The first-order chi connectivity index (χ1) is 17.0. The normalized spacial score (nSPS) is 18.7. The Hall–Kier alpha value is -3.58. The molecule has 1 N–H and O–H groups in total. The summed E-state index contributed by atoms with van der Waals surface area (Å²) in [5.74, 6) is -0.497. The van der Waals surface area contributed by atoms with Crippen molar-refractivity contribution < 1.29 is 14.4 Å². The van der Waals surface area contributed by atoms with Gasteiger partial charge in [0.05, 0.1) is 11.4 Å². The fraction of sp³-hybridized carbons (Fsp3) is 0.357. The number of hydrogen-bond donors (Lipinski definition) is 1. The van der Waals surface area contributed by atoms with E-state index in [0.29, 0.717) is 12.2 Å². The number of amides is 2. The Kier molecular flexibility index (Phi) is 8.21. The van der Waals surface area contributed by atoms with Crippen molar-refractivity contribution in [1.29, 1.82) is 0 Å². The van der Waals surface area contributed by atoms with Crippen molar-refractivity contribution >= 4 is 29.0 Å². The summed E-state index contributed by atoms with van der Waals surface area (Å²) in [5, 5.41) is 2.68. The monoisotopic (exact) mass is 472 g/mol. The largest absolute Gasteiger partial charge is 0.331 e. The molecule has 182 valence electrons. The van der Waals surface area contributed by atoms with Crippen LogP contribution in [-0.4, -0.2) is 60.4 Å². The van der Waals surface area contributed by atoms with Crippen molar-refractivity contribution in [3.05, 3.63) is 78.0 Å². The minimum atomic E-state index is -0.614. The first kappa shape index (κ1) is 24.5. The second-order valence-corrected chi connectivity index (χ2v) is 9.04. The standard InChI is InChI=1S/C28H32N4O3/c1-21(33)11-10-16-29-26(34)20-32-25-15-7-6-14-23(25)27(22-12-4-2-5-13-22)30-24(28(32)35)19-31-17-8-3-9-18-31/h2,4-7,10,12-16,24H,3,8-9,11,17-20H2,1H3,(H,29,34)/b16-10+/t24-/m1/s1. The van der Waals surface area contributed by atoms with Gasteiger partial charge in [0.1, 0.15) is 18.4 Å². The number of carbonyl (C=O) groups is 3. The van der Waals surface area contributed by atoms with Gasteiger partial charge < -0.3 is 15.1 Å². The van der Waals surface area contributed by atoms with Crippen molar-refractivity contribution in [2.45, 2.75) is 38.6 Å². The van der Waals surface area contributed by atoms with Crippen LogP contribution < -0.4 is 10.2 Å². The lowest BCUT2D eigenvalue weighted by atomic mass is 10.0. The van der Waals surface area contributed by atoms with Crippen LogP contribution in [-0.2, 0) is 14.4 Å². The molecule has 2 aromatic carbocycles. The number of aliphatic imine (C=N–C) groups is 1. The summed E-state index contributed by atoms with van der Waals surface area (Å²) in [6.07, 6.45) is 6.77. The Morgan fingerprint density at radius 3 is 2.49 bits per heavy atom. The lowest BCUT2D eigenvalue weighted by molar-refractivity contribution is -0.124. The van der Waals surface area contributed by atoms with E-state index in [1.165, 1.54) is 19.5 Å². The summed E-state index contributed by atoms with van der Waals surface area (Å²) in [6, 6.07) is 16.9. The predicted octanol–water partition coefficient (Wildman–Crippen LogP) is 3.33. The number of hydrogen-bond acceptors (Lipinski definition) is 5. The number of benzodiazepines with no additional fused rings is 1.